The molecule has 112 valence electrons. The molecule has 2 aromatic rings. The first-order valence-electron chi connectivity index (χ1n) is 7.15. The van der Waals surface area contributed by atoms with Gasteiger partial charge < -0.3 is 10.5 Å². The number of allylic oxidation sites excluding steroid dienone is 2. The maximum Gasteiger partial charge on any atom is 0.321 e. The zero-order valence-electron chi connectivity index (χ0n) is 12.1. The predicted molar refractivity (Wildman–Crippen MR) is 88.5 cm³/mol. The van der Waals surface area contributed by atoms with Crippen molar-refractivity contribution in [2.75, 3.05) is 0 Å². The molecule has 0 fully saturated rings. The van der Waals surface area contributed by atoms with Gasteiger partial charge in [0, 0.05) is 18.0 Å². The van der Waals surface area contributed by atoms with Crippen molar-refractivity contribution in [2.45, 2.75) is 6.04 Å². The van der Waals surface area contributed by atoms with Crippen molar-refractivity contribution >= 4 is 17.2 Å². The topological polar surface area (TPSA) is 85.8 Å². The van der Waals surface area contributed by atoms with Gasteiger partial charge in [-0.05, 0) is 23.8 Å². The SMILES string of the molecule is NC1=NC2C=CC(c3cnc(Oc4ccccc4)nc3)=CC2=N1. The third kappa shape index (κ3) is 2.74. The zero-order chi connectivity index (χ0) is 15.6. The Labute approximate surface area is 132 Å². The number of nitrogens with zero attached hydrogens (tertiary/aromatic N) is 4. The highest BCUT2D eigenvalue weighted by atomic mass is 16.5. The summed E-state index contributed by atoms with van der Waals surface area (Å²) in [5.74, 6) is 1.02. The Bertz CT molecular complexity index is 850. The molecule has 1 unspecified atom stereocenters. The van der Waals surface area contributed by atoms with Gasteiger partial charge >= 0.3 is 6.01 Å². The van der Waals surface area contributed by atoms with Crippen molar-refractivity contribution < 1.29 is 4.74 Å². The summed E-state index contributed by atoms with van der Waals surface area (Å²) < 4.78 is 5.59. The Morgan fingerprint density at radius 3 is 2.61 bits per heavy atom. The van der Waals surface area contributed by atoms with Crippen LogP contribution in [0.15, 0.2) is 70.9 Å². The molecule has 1 aliphatic carbocycles. The molecule has 0 saturated heterocycles. The van der Waals surface area contributed by atoms with Crippen molar-refractivity contribution in [1.82, 2.24) is 9.97 Å². The Hall–Kier alpha value is -3.28. The highest BCUT2D eigenvalue weighted by Gasteiger charge is 2.21. The van der Waals surface area contributed by atoms with E-state index in [9.17, 15) is 0 Å². The third-order valence-corrected chi connectivity index (χ3v) is 3.49. The Balaban J connectivity index is 1.54. The van der Waals surface area contributed by atoms with Crippen LogP contribution in [0.1, 0.15) is 5.56 Å². The van der Waals surface area contributed by atoms with Crippen LogP contribution in [0.2, 0.25) is 0 Å². The van der Waals surface area contributed by atoms with Crippen molar-refractivity contribution in [3.8, 4) is 11.8 Å². The standard InChI is InChI=1S/C17H13N5O/c18-16-21-14-7-6-11(8-15(14)22-16)12-9-19-17(20-10-12)23-13-4-2-1-3-5-13/h1-10,14H,(H2,18,21). The molecule has 0 bridgehead atoms. The normalized spacial score (nSPS) is 18.8. The molecule has 0 saturated carbocycles. The minimum absolute atomic E-state index is 0.0691. The minimum Gasteiger partial charge on any atom is -0.424 e. The summed E-state index contributed by atoms with van der Waals surface area (Å²) in [6, 6.07) is 9.67. The van der Waals surface area contributed by atoms with Crippen LogP contribution in [0.3, 0.4) is 0 Å². The van der Waals surface area contributed by atoms with Crippen LogP contribution in [0.5, 0.6) is 11.8 Å². The number of rotatable bonds is 3. The summed E-state index contributed by atoms with van der Waals surface area (Å²) in [6.07, 6.45) is 9.33. The highest BCUT2D eigenvalue weighted by Crippen LogP contribution is 2.24. The molecular weight excluding hydrogens is 290 g/mol. The predicted octanol–water partition coefficient (Wildman–Crippen LogP) is 2.36. The van der Waals surface area contributed by atoms with E-state index in [1.807, 2.05) is 48.6 Å². The number of hydrogen-bond donors (Lipinski definition) is 1. The number of benzene rings is 1. The number of guanidine groups is 1. The molecule has 0 spiro atoms. The van der Waals surface area contributed by atoms with E-state index in [0.717, 1.165) is 16.8 Å². The molecule has 0 radical (unpaired) electrons. The van der Waals surface area contributed by atoms with E-state index >= 15 is 0 Å². The molecule has 1 aliphatic heterocycles. The molecule has 23 heavy (non-hydrogen) atoms. The van der Waals surface area contributed by atoms with Crippen LogP contribution >= 0.6 is 0 Å². The van der Waals surface area contributed by atoms with Gasteiger partial charge in [0.2, 0.25) is 5.96 Å². The lowest BCUT2D eigenvalue weighted by atomic mass is 9.98. The van der Waals surface area contributed by atoms with E-state index in [1.54, 1.807) is 12.4 Å². The first-order chi connectivity index (χ1) is 11.3. The van der Waals surface area contributed by atoms with Gasteiger partial charge in [-0.15, -0.1) is 0 Å². The molecule has 6 nitrogen and oxygen atoms in total. The van der Waals surface area contributed by atoms with Crippen molar-refractivity contribution in [3.05, 3.63) is 66.5 Å². The molecule has 1 atom stereocenters. The second kappa shape index (κ2) is 5.49. The molecule has 2 N–H and O–H groups in total. The molecule has 2 aliphatic rings. The first-order valence-corrected chi connectivity index (χ1v) is 7.15. The second-order valence-corrected chi connectivity index (χ2v) is 5.10. The summed E-state index contributed by atoms with van der Waals surface area (Å²) in [6.45, 7) is 0. The summed E-state index contributed by atoms with van der Waals surface area (Å²) >= 11 is 0. The fraction of sp³-hybridized carbons (Fsp3) is 0.0588. The van der Waals surface area contributed by atoms with Gasteiger partial charge in [-0.25, -0.2) is 20.0 Å². The second-order valence-electron chi connectivity index (χ2n) is 5.10. The van der Waals surface area contributed by atoms with Crippen LogP contribution in [0.25, 0.3) is 5.57 Å². The van der Waals surface area contributed by atoms with Crippen LogP contribution in [0, 0.1) is 0 Å². The average Bonchev–Trinajstić information content (AvgIpc) is 2.95. The van der Waals surface area contributed by atoms with Crippen LogP contribution < -0.4 is 10.5 Å². The monoisotopic (exact) mass is 303 g/mol. The lowest BCUT2D eigenvalue weighted by Gasteiger charge is -2.11. The number of para-hydroxylation sites is 1. The van der Waals surface area contributed by atoms with E-state index in [4.69, 9.17) is 10.5 Å². The average molecular weight is 303 g/mol. The van der Waals surface area contributed by atoms with E-state index in [-0.39, 0.29) is 6.04 Å². The maximum absolute atomic E-state index is 5.63. The summed E-state index contributed by atoms with van der Waals surface area (Å²) in [4.78, 5) is 16.9. The van der Waals surface area contributed by atoms with E-state index < -0.39 is 0 Å². The van der Waals surface area contributed by atoms with Gasteiger partial charge in [0.15, 0.2) is 0 Å². The highest BCUT2D eigenvalue weighted by molar-refractivity contribution is 6.16. The summed E-state index contributed by atoms with van der Waals surface area (Å²) in [7, 11) is 0. The molecule has 0 amide bonds. The molecule has 4 rings (SSSR count). The molecule has 1 aromatic carbocycles. The smallest absolute Gasteiger partial charge is 0.321 e. The van der Waals surface area contributed by atoms with E-state index in [1.165, 1.54) is 0 Å². The number of ether oxygens (including phenoxy) is 1. The molecular formula is C17H13N5O. The molecule has 6 heteroatoms. The number of nitrogens with two attached hydrogens (primary N) is 1. The Morgan fingerprint density at radius 1 is 1.04 bits per heavy atom. The fourth-order valence-corrected chi connectivity index (χ4v) is 2.39. The van der Waals surface area contributed by atoms with Gasteiger partial charge in [0.25, 0.3) is 0 Å². The number of aromatic nitrogens is 2. The minimum atomic E-state index is -0.0691. The van der Waals surface area contributed by atoms with Crippen LogP contribution in [0.4, 0.5) is 0 Å². The number of aliphatic imine (C=N–C) groups is 2. The van der Waals surface area contributed by atoms with Crippen molar-refractivity contribution in [3.63, 3.8) is 0 Å². The van der Waals surface area contributed by atoms with Crippen molar-refractivity contribution in [2.24, 2.45) is 15.7 Å². The van der Waals surface area contributed by atoms with Gasteiger partial charge in [-0.2, -0.15) is 0 Å². The van der Waals surface area contributed by atoms with Gasteiger partial charge in [0.1, 0.15) is 11.8 Å². The summed E-state index contributed by atoms with van der Waals surface area (Å²) in [5, 5.41) is 0. The lowest BCUT2D eigenvalue weighted by molar-refractivity contribution is 0.441. The van der Waals surface area contributed by atoms with Crippen LogP contribution in [-0.2, 0) is 0 Å². The Morgan fingerprint density at radius 2 is 1.83 bits per heavy atom. The lowest BCUT2D eigenvalue weighted by Crippen LogP contribution is -2.13. The molecule has 2 heterocycles. The number of fused-ring (bicyclic) bond motifs is 1. The van der Waals surface area contributed by atoms with Gasteiger partial charge in [0.05, 0.1) is 5.71 Å². The summed E-state index contributed by atoms with van der Waals surface area (Å²) in [5.41, 5.74) is 8.32. The Kier molecular flexibility index (Phi) is 3.20. The largest absolute Gasteiger partial charge is 0.424 e. The van der Waals surface area contributed by atoms with E-state index in [2.05, 4.69) is 20.0 Å². The zero-order valence-corrected chi connectivity index (χ0v) is 12.1. The fourth-order valence-electron chi connectivity index (χ4n) is 2.39. The van der Waals surface area contributed by atoms with E-state index in [0.29, 0.717) is 17.7 Å². The first kappa shape index (κ1) is 13.4. The van der Waals surface area contributed by atoms with Crippen molar-refractivity contribution in [1.29, 1.82) is 0 Å². The third-order valence-electron chi connectivity index (χ3n) is 3.49. The quantitative estimate of drug-likeness (QED) is 0.943. The molecule has 1 aromatic heterocycles. The van der Waals surface area contributed by atoms with Gasteiger partial charge in [-0.3, -0.25) is 0 Å². The van der Waals surface area contributed by atoms with Crippen LogP contribution in [-0.4, -0.2) is 27.7 Å². The number of hydrogen-bond acceptors (Lipinski definition) is 6. The van der Waals surface area contributed by atoms with Gasteiger partial charge in [-0.1, -0.05) is 30.4 Å². The maximum atomic E-state index is 5.63.